The molecule has 0 aliphatic carbocycles. The number of rotatable bonds is 5. The van der Waals surface area contributed by atoms with E-state index in [2.05, 4.69) is 10.9 Å². The van der Waals surface area contributed by atoms with Gasteiger partial charge in [0.25, 0.3) is 11.8 Å². The van der Waals surface area contributed by atoms with Gasteiger partial charge in [-0.05, 0) is 42.3 Å². The first-order chi connectivity index (χ1) is 13.4. The van der Waals surface area contributed by atoms with Crippen molar-refractivity contribution < 1.29 is 14.4 Å². The SMILES string of the molecule is CN(C)c1cccc(C(=O)NNC(=O)c2cccc(CN3CCCC3=O)c2)c1. The summed E-state index contributed by atoms with van der Waals surface area (Å²) in [5.74, 6) is -0.662. The van der Waals surface area contributed by atoms with Gasteiger partial charge < -0.3 is 9.80 Å². The van der Waals surface area contributed by atoms with E-state index in [4.69, 9.17) is 0 Å². The van der Waals surface area contributed by atoms with Crippen LogP contribution in [0.5, 0.6) is 0 Å². The van der Waals surface area contributed by atoms with Crippen LogP contribution in [-0.2, 0) is 11.3 Å². The smallest absolute Gasteiger partial charge is 0.269 e. The van der Waals surface area contributed by atoms with Gasteiger partial charge >= 0.3 is 0 Å². The first kappa shape index (κ1) is 19.4. The molecule has 28 heavy (non-hydrogen) atoms. The van der Waals surface area contributed by atoms with Crippen molar-refractivity contribution in [3.05, 3.63) is 65.2 Å². The van der Waals surface area contributed by atoms with E-state index in [0.717, 1.165) is 24.2 Å². The zero-order valence-corrected chi connectivity index (χ0v) is 16.1. The average molecular weight is 380 g/mol. The van der Waals surface area contributed by atoms with E-state index in [9.17, 15) is 14.4 Å². The fraction of sp³-hybridized carbons (Fsp3) is 0.286. The molecule has 0 atom stereocenters. The molecule has 0 spiro atoms. The molecule has 7 heteroatoms. The van der Waals surface area contributed by atoms with Crippen LogP contribution in [0.15, 0.2) is 48.5 Å². The highest BCUT2D eigenvalue weighted by atomic mass is 16.2. The van der Waals surface area contributed by atoms with Crippen LogP contribution in [0.25, 0.3) is 0 Å². The van der Waals surface area contributed by atoms with E-state index in [1.54, 1.807) is 41.3 Å². The van der Waals surface area contributed by atoms with Gasteiger partial charge in [-0.2, -0.15) is 0 Å². The molecule has 0 radical (unpaired) electrons. The molecule has 1 fully saturated rings. The van der Waals surface area contributed by atoms with E-state index < -0.39 is 11.8 Å². The molecule has 1 saturated heterocycles. The van der Waals surface area contributed by atoms with Gasteiger partial charge in [-0.1, -0.05) is 18.2 Å². The molecule has 1 aliphatic heterocycles. The Labute approximate surface area is 164 Å². The Morgan fingerprint density at radius 2 is 1.64 bits per heavy atom. The molecule has 0 bridgehead atoms. The predicted octanol–water partition coefficient (Wildman–Crippen LogP) is 1.95. The first-order valence-corrected chi connectivity index (χ1v) is 9.19. The molecule has 2 N–H and O–H groups in total. The molecule has 146 valence electrons. The maximum atomic E-state index is 12.4. The van der Waals surface area contributed by atoms with Crippen molar-refractivity contribution >= 4 is 23.4 Å². The molecule has 3 amide bonds. The zero-order valence-electron chi connectivity index (χ0n) is 16.1. The van der Waals surface area contributed by atoms with Gasteiger partial charge in [0.15, 0.2) is 0 Å². The summed E-state index contributed by atoms with van der Waals surface area (Å²) in [6, 6.07) is 14.2. The van der Waals surface area contributed by atoms with E-state index >= 15 is 0 Å². The lowest BCUT2D eigenvalue weighted by Gasteiger charge is -2.16. The summed E-state index contributed by atoms with van der Waals surface area (Å²) in [4.78, 5) is 40.1. The molecular formula is C21H24N4O3. The zero-order chi connectivity index (χ0) is 20.1. The van der Waals surface area contributed by atoms with Gasteiger partial charge in [0.2, 0.25) is 5.91 Å². The van der Waals surface area contributed by atoms with Crippen molar-refractivity contribution in [1.29, 1.82) is 0 Å². The van der Waals surface area contributed by atoms with Crippen molar-refractivity contribution in [2.45, 2.75) is 19.4 Å². The number of anilines is 1. The topological polar surface area (TPSA) is 81.8 Å². The Kier molecular flexibility index (Phi) is 5.93. The standard InChI is InChI=1S/C21H24N4O3/c1-24(2)18-9-4-8-17(13-18)21(28)23-22-20(27)16-7-3-6-15(12-16)14-25-11-5-10-19(25)26/h3-4,6-9,12-13H,5,10-11,14H2,1-2H3,(H,22,27)(H,23,28). The molecule has 1 aliphatic rings. The highest BCUT2D eigenvalue weighted by molar-refractivity contribution is 5.99. The minimum absolute atomic E-state index is 0.141. The van der Waals surface area contributed by atoms with Crippen LogP contribution in [0, 0.1) is 0 Å². The second-order valence-corrected chi connectivity index (χ2v) is 6.97. The molecular weight excluding hydrogens is 356 g/mol. The highest BCUT2D eigenvalue weighted by Gasteiger charge is 2.20. The lowest BCUT2D eigenvalue weighted by atomic mass is 10.1. The maximum Gasteiger partial charge on any atom is 0.269 e. The summed E-state index contributed by atoms with van der Waals surface area (Å²) in [6.07, 6.45) is 1.46. The minimum Gasteiger partial charge on any atom is -0.378 e. The third kappa shape index (κ3) is 4.68. The maximum absolute atomic E-state index is 12.4. The lowest BCUT2D eigenvalue weighted by molar-refractivity contribution is -0.128. The average Bonchev–Trinajstić information content (AvgIpc) is 3.10. The van der Waals surface area contributed by atoms with E-state index in [0.29, 0.717) is 24.1 Å². The number of hydrogen-bond donors (Lipinski definition) is 2. The van der Waals surface area contributed by atoms with Crippen molar-refractivity contribution in [1.82, 2.24) is 15.8 Å². The number of carbonyl (C=O) groups excluding carboxylic acids is 3. The highest BCUT2D eigenvalue weighted by Crippen LogP contribution is 2.15. The molecule has 0 unspecified atom stereocenters. The largest absolute Gasteiger partial charge is 0.378 e. The predicted molar refractivity (Wildman–Crippen MR) is 107 cm³/mol. The molecule has 0 aromatic heterocycles. The van der Waals surface area contributed by atoms with Crippen LogP contribution in [0.4, 0.5) is 5.69 Å². The number of amides is 3. The molecule has 2 aromatic carbocycles. The molecule has 0 saturated carbocycles. The second-order valence-electron chi connectivity index (χ2n) is 6.97. The number of nitrogens with one attached hydrogen (secondary N) is 2. The monoisotopic (exact) mass is 380 g/mol. The van der Waals surface area contributed by atoms with Crippen LogP contribution in [0.3, 0.4) is 0 Å². The second kappa shape index (κ2) is 8.56. The van der Waals surface area contributed by atoms with Crippen LogP contribution >= 0.6 is 0 Å². The minimum atomic E-state index is -0.410. The fourth-order valence-electron chi connectivity index (χ4n) is 3.09. The molecule has 2 aromatic rings. The van der Waals surface area contributed by atoms with Crippen molar-refractivity contribution in [2.24, 2.45) is 0 Å². The van der Waals surface area contributed by atoms with Crippen LogP contribution in [0.2, 0.25) is 0 Å². The number of nitrogens with zero attached hydrogens (tertiary/aromatic N) is 2. The first-order valence-electron chi connectivity index (χ1n) is 9.19. The van der Waals surface area contributed by atoms with Crippen molar-refractivity contribution in [2.75, 3.05) is 25.5 Å². The Morgan fingerprint density at radius 1 is 1.00 bits per heavy atom. The van der Waals surface area contributed by atoms with E-state index in [-0.39, 0.29) is 5.91 Å². The summed E-state index contributed by atoms with van der Waals surface area (Å²) < 4.78 is 0. The Balaban J connectivity index is 1.60. The number of benzene rings is 2. The van der Waals surface area contributed by atoms with Gasteiger partial charge in [-0.25, -0.2) is 0 Å². The van der Waals surface area contributed by atoms with Gasteiger partial charge in [0.1, 0.15) is 0 Å². The Morgan fingerprint density at radius 3 is 2.25 bits per heavy atom. The van der Waals surface area contributed by atoms with Crippen LogP contribution in [0.1, 0.15) is 39.1 Å². The number of carbonyl (C=O) groups is 3. The Hall–Kier alpha value is -3.35. The van der Waals surface area contributed by atoms with Crippen molar-refractivity contribution in [3.63, 3.8) is 0 Å². The summed E-state index contributed by atoms with van der Waals surface area (Å²) in [5.41, 5.74) is 7.53. The van der Waals surface area contributed by atoms with Crippen molar-refractivity contribution in [3.8, 4) is 0 Å². The number of hydrazine groups is 1. The number of likely N-dealkylation sites (tertiary alicyclic amines) is 1. The quantitative estimate of drug-likeness (QED) is 0.777. The van der Waals surface area contributed by atoms with Gasteiger partial charge in [-0.15, -0.1) is 0 Å². The third-order valence-corrected chi connectivity index (χ3v) is 4.65. The molecule has 7 nitrogen and oxygen atoms in total. The van der Waals surface area contributed by atoms with Gasteiger partial charge in [-0.3, -0.25) is 25.2 Å². The third-order valence-electron chi connectivity index (χ3n) is 4.65. The van der Waals surface area contributed by atoms with Crippen LogP contribution in [-0.4, -0.2) is 43.3 Å². The summed E-state index contributed by atoms with van der Waals surface area (Å²) in [6.45, 7) is 1.24. The summed E-state index contributed by atoms with van der Waals surface area (Å²) in [5, 5.41) is 0. The number of hydrogen-bond acceptors (Lipinski definition) is 4. The lowest BCUT2D eigenvalue weighted by Crippen LogP contribution is -2.41. The summed E-state index contributed by atoms with van der Waals surface area (Å²) in [7, 11) is 3.78. The van der Waals surface area contributed by atoms with Gasteiger partial charge in [0, 0.05) is 50.4 Å². The van der Waals surface area contributed by atoms with E-state index in [1.807, 2.05) is 31.1 Å². The molecule has 3 rings (SSSR count). The Bertz CT molecular complexity index is 895. The molecule has 1 heterocycles. The normalized spacial score (nSPS) is 13.4. The van der Waals surface area contributed by atoms with Gasteiger partial charge in [0.05, 0.1) is 0 Å². The van der Waals surface area contributed by atoms with Crippen LogP contribution < -0.4 is 15.8 Å². The summed E-state index contributed by atoms with van der Waals surface area (Å²) >= 11 is 0. The fourth-order valence-corrected chi connectivity index (χ4v) is 3.09. The van der Waals surface area contributed by atoms with E-state index in [1.165, 1.54) is 0 Å².